The van der Waals surface area contributed by atoms with Crippen molar-refractivity contribution < 1.29 is 9.90 Å². The maximum Gasteiger partial charge on any atom is 0.253 e. The number of carbonyl (C=O) groups excluding carboxylic acids is 1. The summed E-state index contributed by atoms with van der Waals surface area (Å²) in [6, 6.07) is 20.1. The third kappa shape index (κ3) is 4.68. The Labute approximate surface area is 149 Å². The van der Waals surface area contributed by atoms with Gasteiger partial charge >= 0.3 is 0 Å². The van der Waals surface area contributed by atoms with Crippen LogP contribution in [0.25, 0.3) is 0 Å². The van der Waals surface area contributed by atoms with Crippen molar-refractivity contribution in [3.8, 4) is 0 Å². The number of hydrogen-bond donors (Lipinski definition) is 2. The van der Waals surface area contributed by atoms with Gasteiger partial charge in [0.25, 0.3) is 5.91 Å². The Hall–Kier alpha value is -2.17. The molecule has 1 saturated heterocycles. The molecule has 1 heterocycles. The van der Waals surface area contributed by atoms with E-state index in [0.29, 0.717) is 11.6 Å². The van der Waals surface area contributed by atoms with Crippen molar-refractivity contribution in [1.82, 2.24) is 10.2 Å². The number of amides is 1. The summed E-state index contributed by atoms with van der Waals surface area (Å²) >= 11 is 0. The van der Waals surface area contributed by atoms with Crippen molar-refractivity contribution >= 4 is 5.91 Å². The summed E-state index contributed by atoms with van der Waals surface area (Å²) in [5, 5.41) is 13.2. The maximum atomic E-state index is 12.3. The molecule has 3 rings (SSSR count). The monoisotopic (exact) mass is 338 g/mol. The number of nitrogens with one attached hydrogen (secondary N) is 1. The second-order valence-corrected chi connectivity index (χ2v) is 6.85. The Morgan fingerprint density at radius 3 is 2.44 bits per heavy atom. The van der Waals surface area contributed by atoms with Gasteiger partial charge in [-0.25, -0.2) is 0 Å². The standard InChI is InChI=1S/C21H26N2O2/c1-16-14-19(12-13-23(16)15-17-8-4-2-5-9-17)22-21(25)20(24)18-10-6-3-7-11-18/h2-11,16,19-20,24H,12-15H2,1H3,(H,22,25)/t16-,19+,20-/m1/s1. The fourth-order valence-corrected chi connectivity index (χ4v) is 3.47. The van der Waals surface area contributed by atoms with Gasteiger partial charge in [-0.3, -0.25) is 9.69 Å². The average Bonchev–Trinajstić information content (AvgIpc) is 2.65. The second-order valence-electron chi connectivity index (χ2n) is 6.85. The van der Waals surface area contributed by atoms with Crippen LogP contribution in [0.4, 0.5) is 0 Å². The molecule has 0 aliphatic carbocycles. The van der Waals surface area contributed by atoms with Gasteiger partial charge < -0.3 is 10.4 Å². The largest absolute Gasteiger partial charge is 0.378 e. The lowest BCUT2D eigenvalue weighted by molar-refractivity contribution is -0.130. The van der Waals surface area contributed by atoms with Gasteiger partial charge in [-0.1, -0.05) is 60.7 Å². The summed E-state index contributed by atoms with van der Waals surface area (Å²) in [7, 11) is 0. The van der Waals surface area contributed by atoms with E-state index in [-0.39, 0.29) is 11.9 Å². The zero-order chi connectivity index (χ0) is 17.6. The Bertz CT molecular complexity index is 675. The highest BCUT2D eigenvalue weighted by Crippen LogP contribution is 2.21. The molecule has 25 heavy (non-hydrogen) atoms. The molecule has 1 aliphatic rings. The molecule has 1 amide bonds. The second kappa shape index (κ2) is 8.28. The number of likely N-dealkylation sites (tertiary alicyclic amines) is 1. The van der Waals surface area contributed by atoms with Crippen LogP contribution in [0.1, 0.15) is 37.0 Å². The third-order valence-electron chi connectivity index (χ3n) is 4.95. The Balaban J connectivity index is 1.52. The van der Waals surface area contributed by atoms with Crippen LogP contribution in [-0.2, 0) is 11.3 Å². The Morgan fingerprint density at radius 2 is 1.80 bits per heavy atom. The highest BCUT2D eigenvalue weighted by atomic mass is 16.3. The molecule has 3 atom stereocenters. The van der Waals surface area contributed by atoms with Crippen molar-refractivity contribution in [2.75, 3.05) is 6.54 Å². The van der Waals surface area contributed by atoms with Crippen LogP contribution in [-0.4, -0.2) is 34.5 Å². The first-order valence-corrected chi connectivity index (χ1v) is 8.95. The van der Waals surface area contributed by atoms with Crippen molar-refractivity contribution in [2.45, 2.75) is 44.5 Å². The first-order chi connectivity index (χ1) is 12.1. The fourth-order valence-electron chi connectivity index (χ4n) is 3.47. The third-order valence-corrected chi connectivity index (χ3v) is 4.95. The van der Waals surface area contributed by atoms with E-state index in [1.165, 1.54) is 5.56 Å². The van der Waals surface area contributed by atoms with E-state index in [9.17, 15) is 9.90 Å². The summed E-state index contributed by atoms with van der Waals surface area (Å²) in [6.07, 6.45) is 0.712. The average molecular weight is 338 g/mol. The van der Waals surface area contributed by atoms with E-state index in [0.717, 1.165) is 25.9 Å². The van der Waals surface area contributed by atoms with E-state index in [2.05, 4.69) is 41.4 Å². The highest BCUT2D eigenvalue weighted by Gasteiger charge is 2.28. The molecule has 2 N–H and O–H groups in total. The predicted molar refractivity (Wildman–Crippen MR) is 98.9 cm³/mol. The lowest BCUT2D eigenvalue weighted by Gasteiger charge is -2.38. The number of piperidine rings is 1. The van der Waals surface area contributed by atoms with Crippen LogP contribution in [0, 0.1) is 0 Å². The first kappa shape index (κ1) is 17.6. The maximum absolute atomic E-state index is 12.3. The summed E-state index contributed by atoms with van der Waals surface area (Å²) in [4.78, 5) is 14.8. The van der Waals surface area contributed by atoms with Gasteiger partial charge in [0.15, 0.2) is 6.10 Å². The van der Waals surface area contributed by atoms with Gasteiger partial charge in [-0.2, -0.15) is 0 Å². The smallest absolute Gasteiger partial charge is 0.253 e. The van der Waals surface area contributed by atoms with Crippen LogP contribution in [0.15, 0.2) is 60.7 Å². The molecule has 0 spiro atoms. The number of aliphatic hydroxyl groups is 1. The zero-order valence-electron chi connectivity index (χ0n) is 14.6. The molecule has 132 valence electrons. The van der Waals surface area contributed by atoms with Gasteiger partial charge in [0.05, 0.1) is 0 Å². The number of nitrogens with zero attached hydrogens (tertiary/aromatic N) is 1. The van der Waals surface area contributed by atoms with Gasteiger partial charge in [-0.05, 0) is 30.9 Å². The van der Waals surface area contributed by atoms with Crippen molar-refractivity contribution in [3.63, 3.8) is 0 Å². The minimum absolute atomic E-state index is 0.118. The molecule has 0 bridgehead atoms. The van der Waals surface area contributed by atoms with E-state index < -0.39 is 6.10 Å². The van der Waals surface area contributed by atoms with Gasteiger partial charge in [0.1, 0.15) is 0 Å². The van der Waals surface area contributed by atoms with E-state index in [1.54, 1.807) is 12.1 Å². The summed E-state index contributed by atoms with van der Waals surface area (Å²) in [5.74, 6) is -0.306. The molecule has 0 unspecified atom stereocenters. The number of carbonyl (C=O) groups is 1. The number of rotatable bonds is 5. The van der Waals surface area contributed by atoms with Crippen LogP contribution in [0.2, 0.25) is 0 Å². The zero-order valence-corrected chi connectivity index (χ0v) is 14.6. The minimum atomic E-state index is -1.10. The molecule has 4 nitrogen and oxygen atoms in total. The van der Waals surface area contributed by atoms with Crippen molar-refractivity contribution in [2.24, 2.45) is 0 Å². The topological polar surface area (TPSA) is 52.6 Å². The molecule has 0 saturated carbocycles. The van der Waals surface area contributed by atoms with Crippen molar-refractivity contribution in [3.05, 3.63) is 71.8 Å². The van der Waals surface area contributed by atoms with Crippen LogP contribution < -0.4 is 5.32 Å². The van der Waals surface area contributed by atoms with Gasteiger partial charge in [-0.15, -0.1) is 0 Å². The number of hydrogen-bond acceptors (Lipinski definition) is 3. The molecule has 2 aromatic rings. The summed E-state index contributed by atoms with van der Waals surface area (Å²) in [5.41, 5.74) is 1.95. The molecular weight excluding hydrogens is 312 g/mol. The Kier molecular flexibility index (Phi) is 5.84. The van der Waals surface area contributed by atoms with E-state index in [1.807, 2.05) is 24.3 Å². The number of aliphatic hydroxyl groups excluding tert-OH is 1. The molecule has 1 aliphatic heterocycles. The van der Waals surface area contributed by atoms with Crippen molar-refractivity contribution in [1.29, 1.82) is 0 Å². The molecule has 2 aromatic carbocycles. The fraction of sp³-hybridized carbons (Fsp3) is 0.381. The highest BCUT2D eigenvalue weighted by molar-refractivity contribution is 5.82. The first-order valence-electron chi connectivity index (χ1n) is 8.95. The van der Waals surface area contributed by atoms with E-state index >= 15 is 0 Å². The van der Waals surface area contributed by atoms with Crippen LogP contribution in [0.3, 0.4) is 0 Å². The molecule has 4 heteroatoms. The molecule has 0 aromatic heterocycles. The van der Waals surface area contributed by atoms with Crippen LogP contribution >= 0.6 is 0 Å². The van der Waals surface area contributed by atoms with E-state index in [4.69, 9.17) is 0 Å². The number of benzene rings is 2. The lowest BCUT2D eigenvalue weighted by atomic mass is 9.97. The normalized spacial score (nSPS) is 22.3. The molecular formula is C21H26N2O2. The van der Waals surface area contributed by atoms with Gasteiger partial charge in [0.2, 0.25) is 0 Å². The summed E-state index contributed by atoms with van der Waals surface area (Å²) in [6.45, 7) is 4.09. The quantitative estimate of drug-likeness (QED) is 0.881. The lowest BCUT2D eigenvalue weighted by Crippen LogP contribution is -2.49. The molecule has 0 radical (unpaired) electrons. The van der Waals surface area contributed by atoms with Gasteiger partial charge in [0, 0.05) is 25.2 Å². The molecule has 1 fully saturated rings. The summed E-state index contributed by atoms with van der Waals surface area (Å²) < 4.78 is 0. The predicted octanol–water partition coefficient (Wildman–Crippen LogP) is 2.89. The SMILES string of the molecule is C[C@@H]1C[C@@H](NC(=O)[C@H](O)c2ccccc2)CCN1Cc1ccccc1. The minimum Gasteiger partial charge on any atom is -0.378 e. The van der Waals surface area contributed by atoms with Crippen LogP contribution in [0.5, 0.6) is 0 Å². The Morgan fingerprint density at radius 1 is 1.16 bits per heavy atom.